The van der Waals surface area contributed by atoms with Crippen molar-refractivity contribution in [3.63, 3.8) is 0 Å². The van der Waals surface area contributed by atoms with Crippen LogP contribution in [0.3, 0.4) is 0 Å². The molecule has 0 fully saturated rings. The third kappa shape index (κ3) is 10.6. The van der Waals surface area contributed by atoms with Gasteiger partial charge in [0.25, 0.3) is 0 Å². The molecule has 0 aliphatic carbocycles. The summed E-state index contributed by atoms with van der Waals surface area (Å²) >= 11 is 0. The maximum absolute atomic E-state index is 11.5. The van der Waals surface area contributed by atoms with Crippen molar-refractivity contribution < 1.29 is 33.3 Å². The highest BCUT2D eigenvalue weighted by molar-refractivity contribution is 5.66. The summed E-state index contributed by atoms with van der Waals surface area (Å²) in [6.07, 6.45) is -1.07. The van der Waals surface area contributed by atoms with E-state index in [0.717, 1.165) is 0 Å². The summed E-state index contributed by atoms with van der Waals surface area (Å²) in [4.78, 5) is 33.0. The van der Waals surface area contributed by atoms with Gasteiger partial charge in [0.2, 0.25) is 0 Å². The smallest absolute Gasteiger partial charge is 0.465 e. The Morgan fingerprint density at radius 2 is 1.24 bits per heavy atom. The van der Waals surface area contributed by atoms with E-state index in [1.807, 2.05) is 13.8 Å². The molecule has 0 rings (SSSR count). The molecule has 0 N–H and O–H groups in total. The predicted octanol–water partition coefficient (Wildman–Crippen LogP) is 1.93. The Labute approximate surface area is 124 Å². The molecule has 0 bridgehead atoms. The summed E-state index contributed by atoms with van der Waals surface area (Å²) in [6.45, 7) is 8.06. The van der Waals surface area contributed by atoms with Crippen LogP contribution in [0.5, 0.6) is 0 Å². The van der Waals surface area contributed by atoms with Crippen LogP contribution in [0.4, 0.5) is 4.79 Å². The van der Waals surface area contributed by atoms with Crippen molar-refractivity contribution >= 4 is 18.1 Å². The highest BCUT2D eigenvalue weighted by Crippen LogP contribution is 2.08. The van der Waals surface area contributed by atoms with Gasteiger partial charge in [-0.2, -0.15) is 0 Å². The first kappa shape index (κ1) is 19.2. The van der Waals surface area contributed by atoms with E-state index in [2.05, 4.69) is 0 Å². The Morgan fingerprint density at radius 1 is 0.810 bits per heavy atom. The Hall–Kier alpha value is -1.79. The minimum atomic E-state index is -0.799. The molecule has 0 amide bonds. The molecular formula is C14H24O7. The van der Waals surface area contributed by atoms with Gasteiger partial charge in [0, 0.05) is 13.8 Å². The molecule has 0 aliphatic rings. The lowest BCUT2D eigenvalue weighted by molar-refractivity contribution is -0.147. The quantitative estimate of drug-likeness (QED) is 0.500. The number of hydrogen-bond acceptors (Lipinski definition) is 7. The highest BCUT2D eigenvalue weighted by atomic mass is 16.7. The van der Waals surface area contributed by atoms with E-state index in [9.17, 15) is 14.4 Å². The van der Waals surface area contributed by atoms with Gasteiger partial charge in [-0.05, 0) is 12.8 Å². The lowest BCUT2D eigenvalue weighted by atomic mass is 10.1. The summed E-state index contributed by atoms with van der Waals surface area (Å²) < 4.78 is 19.6. The zero-order chi connectivity index (χ0) is 16.4. The molecule has 0 saturated carbocycles. The van der Waals surface area contributed by atoms with Crippen LogP contribution in [-0.4, -0.2) is 44.0 Å². The molecule has 7 heteroatoms. The molecule has 7 nitrogen and oxygen atoms in total. The zero-order valence-electron chi connectivity index (χ0n) is 13.2. The van der Waals surface area contributed by atoms with Crippen LogP contribution in [0.1, 0.15) is 34.6 Å². The van der Waals surface area contributed by atoms with Crippen LogP contribution in [0.25, 0.3) is 0 Å². The molecule has 122 valence electrons. The van der Waals surface area contributed by atoms with Crippen LogP contribution in [0, 0.1) is 11.8 Å². The van der Waals surface area contributed by atoms with E-state index in [1.165, 1.54) is 13.8 Å². The van der Waals surface area contributed by atoms with E-state index in [1.54, 1.807) is 6.92 Å². The SMILES string of the molecule is CC(=O)OCC(COC(C)=O)COC(=O)OC(C)C(C)C. The van der Waals surface area contributed by atoms with Gasteiger partial charge >= 0.3 is 18.1 Å². The topological polar surface area (TPSA) is 88.1 Å². The minimum Gasteiger partial charge on any atom is -0.465 e. The van der Waals surface area contributed by atoms with Crippen molar-refractivity contribution in [3.8, 4) is 0 Å². The molecule has 0 heterocycles. The van der Waals surface area contributed by atoms with E-state index in [0.29, 0.717) is 0 Å². The molecule has 0 spiro atoms. The number of ether oxygens (including phenoxy) is 4. The first-order chi connectivity index (χ1) is 9.72. The van der Waals surface area contributed by atoms with E-state index in [4.69, 9.17) is 18.9 Å². The van der Waals surface area contributed by atoms with Crippen molar-refractivity contribution in [1.29, 1.82) is 0 Å². The van der Waals surface area contributed by atoms with Crippen LogP contribution >= 0.6 is 0 Å². The molecule has 0 aromatic heterocycles. The number of esters is 2. The molecule has 1 unspecified atom stereocenters. The van der Waals surface area contributed by atoms with Gasteiger partial charge in [-0.15, -0.1) is 0 Å². The Balaban J connectivity index is 4.22. The van der Waals surface area contributed by atoms with Crippen molar-refractivity contribution in [3.05, 3.63) is 0 Å². The maximum atomic E-state index is 11.5. The summed E-state index contributed by atoms with van der Waals surface area (Å²) in [7, 11) is 0. The lowest BCUT2D eigenvalue weighted by Gasteiger charge is -2.19. The van der Waals surface area contributed by atoms with Crippen molar-refractivity contribution in [2.75, 3.05) is 19.8 Å². The number of carbonyl (C=O) groups excluding carboxylic acids is 3. The van der Waals surface area contributed by atoms with Gasteiger partial charge in [-0.1, -0.05) is 13.8 Å². The number of rotatable bonds is 8. The van der Waals surface area contributed by atoms with Crippen molar-refractivity contribution in [2.45, 2.75) is 40.7 Å². The zero-order valence-corrected chi connectivity index (χ0v) is 13.2. The standard InChI is InChI=1S/C14H24O7/c1-9(2)10(3)21-14(17)20-8-13(6-18-11(4)15)7-19-12(5)16/h9-10,13H,6-8H2,1-5H3. The summed E-state index contributed by atoms with van der Waals surface area (Å²) in [5.41, 5.74) is 0. The summed E-state index contributed by atoms with van der Waals surface area (Å²) in [5.74, 6) is -1.17. The highest BCUT2D eigenvalue weighted by Gasteiger charge is 2.18. The minimum absolute atomic E-state index is 0.00434. The normalized spacial score (nSPS) is 12.0. The third-order valence-corrected chi connectivity index (χ3v) is 2.70. The average Bonchev–Trinajstić information content (AvgIpc) is 2.36. The van der Waals surface area contributed by atoms with Gasteiger partial charge in [-0.3, -0.25) is 9.59 Å². The molecule has 1 atom stereocenters. The van der Waals surface area contributed by atoms with Gasteiger partial charge in [0.15, 0.2) is 0 Å². The predicted molar refractivity (Wildman–Crippen MR) is 73.5 cm³/mol. The van der Waals surface area contributed by atoms with Crippen LogP contribution in [0.2, 0.25) is 0 Å². The molecule has 21 heavy (non-hydrogen) atoms. The molecule has 0 aliphatic heterocycles. The van der Waals surface area contributed by atoms with E-state index < -0.39 is 24.0 Å². The maximum Gasteiger partial charge on any atom is 0.508 e. The fraction of sp³-hybridized carbons (Fsp3) is 0.786. The first-order valence-corrected chi connectivity index (χ1v) is 6.82. The van der Waals surface area contributed by atoms with Crippen molar-refractivity contribution in [1.82, 2.24) is 0 Å². The Morgan fingerprint density at radius 3 is 1.62 bits per heavy atom. The number of carbonyl (C=O) groups is 3. The van der Waals surface area contributed by atoms with Gasteiger partial charge in [0.05, 0.1) is 5.92 Å². The molecular weight excluding hydrogens is 280 g/mol. The van der Waals surface area contributed by atoms with Gasteiger partial charge in [0.1, 0.15) is 25.9 Å². The van der Waals surface area contributed by atoms with Crippen LogP contribution < -0.4 is 0 Å². The Bertz CT molecular complexity index is 333. The Kier molecular flexibility index (Phi) is 9.16. The second kappa shape index (κ2) is 10.0. The summed E-state index contributed by atoms with van der Waals surface area (Å²) in [5, 5.41) is 0. The van der Waals surface area contributed by atoms with Crippen LogP contribution in [-0.2, 0) is 28.5 Å². The second-order valence-electron chi connectivity index (χ2n) is 5.10. The van der Waals surface area contributed by atoms with Gasteiger partial charge < -0.3 is 18.9 Å². The fourth-order valence-electron chi connectivity index (χ4n) is 1.12. The average molecular weight is 304 g/mol. The van der Waals surface area contributed by atoms with E-state index >= 15 is 0 Å². The second-order valence-corrected chi connectivity index (χ2v) is 5.10. The number of hydrogen-bond donors (Lipinski definition) is 0. The van der Waals surface area contributed by atoms with Gasteiger partial charge in [-0.25, -0.2) is 4.79 Å². The molecule has 0 aromatic rings. The van der Waals surface area contributed by atoms with E-state index in [-0.39, 0.29) is 31.8 Å². The molecule has 0 radical (unpaired) electrons. The molecule has 0 aromatic carbocycles. The summed E-state index contributed by atoms with van der Waals surface area (Å²) in [6, 6.07) is 0. The molecule has 0 saturated heterocycles. The largest absolute Gasteiger partial charge is 0.508 e. The lowest BCUT2D eigenvalue weighted by Crippen LogP contribution is -2.27. The van der Waals surface area contributed by atoms with Crippen molar-refractivity contribution in [2.24, 2.45) is 11.8 Å². The van der Waals surface area contributed by atoms with Crippen LogP contribution in [0.15, 0.2) is 0 Å². The first-order valence-electron chi connectivity index (χ1n) is 6.82. The fourth-order valence-corrected chi connectivity index (χ4v) is 1.12. The monoisotopic (exact) mass is 304 g/mol. The third-order valence-electron chi connectivity index (χ3n) is 2.70.